The van der Waals surface area contributed by atoms with Crippen molar-refractivity contribution in [1.29, 1.82) is 5.26 Å². The number of benzene rings is 1. The highest BCUT2D eigenvalue weighted by molar-refractivity contribution is 6.02. The van der Waals surface area contributed by atoms with Crippen LogP contribution in [0.25, 0.3) is 0 Å². The number of aliphatic hydroxyl groups excluding tert-OH is 1. The van der Waals surface area contributed by atoms with Gasteiger partial charge in [0.1, 0.15) is 5.84 Å². The molecule has 3 N–H and O–H groups in total. The summed E-state index contributed by atoms with van der Waals surface area (Å²) >= 11 is 0. The highest BCUT2D eigenvalue weighted by atomic mass is 16.3. The second-order valence-electron chi connectivity index (χ2n) is 5.84. The Morgan fingerprint density at radius 3 is 2.75 bits per heavy atom. The molecule has 0 aromatic heterocycles. The number of amidine groups is 1. The van der Waals surface area contributed by atoms with Crippen molar-refractivity contribution in [3.63, 3.8) is 0 Å². The van der Waals surface area contributed by atoms with Gasteiger partial charge < -0.3 is 10.4 Å². The Morgan fingerprint density at radius 2 is 2.17 bits per heavy atom. The Kier molecular flexibility index (Phi) is 4.89. The van der Waals surface area contributed by atoms with Gasteiger partial charge in [-0.15, -0.1) is 0 Å². The first-order chi connectivity index (χ1) is 11.7. The fourth-order valence-corrected chi connectivity index (χ4v) is 2.77. The van der Waals surface area contributed by atoms with Crippen molar-refractivity contribution in [3.8, 4) is 6.07 Å². The molecule has 7 nitrogen and oxygen atoms in total. The van der Waals surface area contributed by atoms with Gasteiger partial charge in [0, 0.05) is 19.6 Å². The van der Waals surface area contributed by atoms with Crippen LogP contribution in [0.2, 0.25) is 0 Å². The average molecular weight is 325 g/mol. The van der Waals surface area contributed by atoms with Crippen LogP contribution in [-0.2, 0) is 4.79 Å². The molecule has 124 valence electrons. The number of hydrogen-bond acceptors (Lipinski definition) is 6. The van der Waals surface area contributed by atoms with Gasteiger partial charge in [-0.25, -0.2) is 5.43 Å². The largest absolute Gasteiger partial charge is 0.387 e. The molecule has 2 heterocycles. The Morgan fingerprint density at radius 1 is 1.38 bits per heavy atom. The van der Waals surface area contributed by atoms with Crippen molar-refractivity contribution in [3.05, 3.63) is 47.0 Å². The van der Waals surface area contributed by atoms with Crippen LogP contribution in [0.4, 0.5) is 0 Å². The lowest BCUT2D eigenvalue weighted by Gasteiger charge is -2.29. The molecule has 1 aromatic rings. The SMILES string of the molecule is N#Cc1ccc(C(O)CN2CC=C(C3=NNC(=O)CN3)CC2)cc1. The van der Waals surface area contributed by atoms with Gasteiger partial charge in [0.15, 0.2) is 0 Å². The third-order valence-corrected chi connectivity index (χ3v) is 4.16. The van der Waals surface area contributed by atoms with Crippen molar-refractivity contribution in [2.45, 2.75) is 12.5 Å². The Labute approximate surface area is 140 Å². The van der Waals surface area contributed by atoms with Gasteiger partial charge in [0.25, 0.3) is 5.91 Å². The molecule has 2 aliphatic heterocycles. The second kappa shape index (κ2) is 7.25. The monoisotopic (exact) mass is 325 g/mol. The van der Waals surface area contributed by atoms with E-state index in [0.717, 1.165) is 36.5 Å². The minimum atomic E-state index is -0.586. The van der Waals surface area contributed by atoms with Gasteiger partial charge in [0.2, 0.25) is 0 Å². The average Bonchev–Trinajstić information content (AvgIpc) is 2.63. The lowest BCUT2D eigenvalue weighted by molar-refractivity contribution is -0.120. The molecule has 0 saturated heterocycles. The zero-order valence-electron chi connectivity index (χ0n) is 13.2. The van der Waals surface area contributed by atoms with Gasteiger partial charge in [-0.2, -0.15) is 10.4 Å². The van der Waals surface area contributed by atoms with Gasteiger partial charge in [-0.1, -0.05) is 18.2 Å². The minimum absolute atomic E-state index is 0.137. The number of hydrazone groups is 1. The molecule has 0 aliphatic carbocycles. The number of nitrogens with one attached hydrogen (secondary N) is 2. The molecule has 1 atom stereocenters. The van der Waals surface area contributed by atoms with Crippen LogP contribution in [0.1, 0.15) is 23.7 Å². The van der Waals surface area contributed by atoms with E-state index in [9.17, 15) is 9.90 Å². The standard InChI is InChI=1S/C17H19N5O2/c18-9-12-1-3-13(4-2-12)15(23)11-22-7-5-14(6-8-22)17-19-10-16(24)20-21-17/h1-5,15,23H,6-8,10-11H2,(H,19,21)(H,20,24). The number of carbonyl (C=O) groups excluding carboxylic acids is 1. The molecule has 3 rings (SSSR count). The highest BCUT2D eigenvalue weighted by Crippen LogP contribution is 2.18. The van der Waals surface area contributed by atoms with E-state index in [1.54, 1.807) is 24.3 Å². The smallest absolute Gasteiger partial charge is 0.259 e. The number of nitrogens with zero attached hydrogens (tertiary/aromatic N) is 3. The zero-order chi connectivity index (χ0) is 16.9. The summed E-state index contributed by atoms with van der Waals surface area (Å²) in [5.74, 6) is 0.587. The van der Waals surface area contributed by atoms with E-state index in [1.807, 2.05) is 0 Å². The lowest BCUT2D eigenvalue weighted by atomic mass is 10.0. The maximum atomic E-state index is 11.1. The summed E-state index contributed by atoms with van der Waals surface area (Å²) in [6.45, 7) is 2.31. The van der Waals surface area contributed by atoms with Crippen molar-refractivity contribution in [2.75, 3.05) is 26.2 Å². The summed E-state index contributed by atoms with van der Waals surface area (Å²) in [4.78, 5) is 13.2. The van der Waals surface area contributed by atoms with Gasteiger partial charge in [-0.3, -0.25) is 9.69 Å². The fraction of sp³-hybridized carbons (Fsp3) is 0.353. The maximum absolute atomic E-state index is 11.1. The predicted molar refractivity (Wildman–Crippen MR) is 88.8 cm³/mol. The molecule has 0 bridgehead atoms. The van der Waals surface area contributed by atoms with Gasteiger partial charge >= 0.3 is 0 Å². The molecular weight excluding hydrogens is 306 g/mol. The van der Waals surface area contributed by atoms with Crippen LogP contribution >= 0.6 is 0 Å². The Balaban J connectivity index is 1.56. The van der Waals surface area contributed by atoms with Crippen molar-refractivity contribution < 1.29 is 9.90 Å². The summed E-state index contributed by atoms with van der Waals surface area (Å²) in [6.07, 6.45) is 2.29. The number of aliphatic hydroxyl groups is 1. The summed E-state index contributed by atoms with van der Waals surface area (Å²) in [5, 5.41) is 26.2. The van der Waals surface area contributed by atoms with E-state index in [0.29, 0.717) is 12.1 Å². The molecule has 2 aliphatic rings. The van der Waals surface area contributed by atoms with E-state index in [1.165, 1.54) is 0 Å². The predicted octanol–water partition coefficient (Wildman–Crippen LogP) is 0.257. The molecule has 1 unspecified atom stereocenters. The van der Waals surface area contributed by atoms with E-state index < -0.39 is 6.10 Å². The minimum Gasteiger partial charge on any atom is -0.387 e. The number of nitriles is 1. The van der Waals surface area contributed by atoms with E-state index in [-0.39, 0.29) is 12.5 Å². The molecule has 0 fully saturated rings. The fourth-order valence-electron chi connectivity index (χ4n) is 2.77. The Hall–Kier alpha value is -2.69. The number of hydrogen-bond donors (Lipinski definition) is 3. The molecule has 24 heavy (non-hydrogen) atoms. The Bertz CT molecular complexity index is 717. The number of amides is 1. The van der Waals surface area contributed by atoms with Crippen molar-refractivity contribution in [1.82, 2.24) is 15.6 Å². The van der Waals surface area contributed by atoms with E-state index >= 15 is 0 Å². The van der Waals surface area contributed by atoms with Gasteiger partial charge in [0.05, 0.1) is 24.3 Å². The first kappa shape index (κ1) is 16.2. The van der Waals surface area contributed by atoms with E-state index in [4.69, 9.17) is 5.26 Å². The second-order valence-corrected chi connectivity index (χ2v) is 5.84. The summed E-state index contributed by atoms with van der Waals surface area (Å²) in [7, 11) is 0. The van der Waals surface area contributed by atoms with Crippen molar-refractivity contribution >= 4 is 11.7 Å². The van der Waals surface area contributed by atoms with Crippen LogP contribution in [0.5, 0.6) is 0 Å². The summed E-state index contributed by atoms with van der Waals surface area (Å²) in [6, 6.07) is 9.08. The number of carbonyl (C=O) groups is 1. The zero-order valence-corrected chi connectivity index (χ0v) is 13.2. The van der Waals surface area contributed by atoms with Crippen LogP contribution in [0.3, 0.4) is 0 Å². The first-order valence-corrected chi connectivity index (χ1v) is 7.86. The normalized spacial score (nSPS) is 19.4. The van der Waals surface area contributed by atoms with Crippen LogP contribution < -0.4 is 10.7 Å². The molecule has 0 radical (unpaired) electrons. The topological polar surface area (TPSA) is 101 Å². The number of rotatable bonds is 4. The number of β-amino-alcohol motifs (C(OH)–C–C–N with tert-alkyl or cyclic N) is 1. The molecule has 7 heteroatoms. The van der Waals surface area contributed by atoms with Crippen molar-refractivity contribution in [2.24, 2.45) is 5.10 Å². The van der Waals surface area contributed by atoms with E-state index in [2.05, 4.69) is 32.9 Å². The van der Waals surface area contributed by atoms with Crippen LogP contribution in [-0.4, -0.2) is 47.9 Å². The maximum Gasteiger partial charge on any atom is 0.259 e. The van der Waals surface area contributed by atoms with Crippen LogP contribution in [0, 0.1) is 11.3 Å². The third-order valence-electron chi connectivity index (χ3n) is 4.16. The summed E-state index contributed by atoms with van der Waals surface area (Å²) < 4.78 is 0. The molecular formula is C17H19N5O2. The third kappa shape index (κ3) is 3.79. The molecule has 0 spiro atoms. The molecule has 1 aromatic carbocycles. The first-order valence-electron chi connectivity index (χ1n) is 7.86. The summed E-state index contributed by atoms with van der Waals surface area (Å²) in [5.41, 5.74) is 4.95. The van der Waals surface area contributed by atoms with Crippen LogP contribution in [0.15, 0.2) is 41.0 Å². The highest BCUT2D eigenvalue weighted by Gasteiger charge is 2.20. The molecule has 0 saturated carbocycles. The lowest BCUT2D eigenvalue weighted by Crippen LogP contribution is -2.44. The quantitative estimate of drug-likeness (QED) is 0.737. The van der Waals surface area contributed by atoms with Gasteiger partial charge in [-0.05, 0) is 29.7 Å². The molecule has 1 amide bonds.